The summed E-state index contributed by atoms with van der Waals surface area (Å²) in [6.07, 6.45) is 18.1. The quantitative estimate of drug-likeness (QED) is 0.610. The van der Waals surface area contributed by atoms with Crippen molar-refractivity contribution in [2.24, 2.45) is 5.92 Å². The highest BCUT2D eigenvalue weighted by atomic mass is 16.1. The van der Waals surface area contributed by atoms with Crippen molar-refractivity contribution < 1.29 is 4.79 Å². The summed E-state index contributed by atoms with van der Waals surface area (Å²) in [5, 5.41) is 0. The van der Waals surface area contributed by atoms with Gasteiger partial charge in [0.15, 0.2) is 5.78 Å². The van der Waals surface area contributed by atoms with Crippen molar-refractivity contribution >= 4 is 17.4 Å². The normalized spacial score (nSPS) is 22.2. The number of fused-ring (bicyclic) bond motifs is 3. The Labute approximate surface area is 145 Å². The van der Waals surface area contributed by atoms with Crippen LogP contribution in [0, 0.1) is 5.92 Å². The Morgan fingerprint density at radius 1 is 0.750 bits per heavy atom. The molecular formula is C23H26O. The Morgan fingerprint density at radius 2 is 1.42 bits per heavy atom. The summed E-state index contributed by atoms with van der Waals surface area (Å²) in [5.74, 6) is 0.740. The molecule has 0 unspecified atom stereocenters. The van der Waals surface area contributed by atoms with E-state index in [-0.39, 0.29) is 5.78 Å². The van der Waals surface area contributed by atoms with Gasteiger partial charge in [0.2, 0.25) is 0 Å². The van der Waals surface area contributed by atoms with E-state index in [2.05, 4.69) is 36.4 Å². The lowest BCUT2D eigenvalue weighted by Gasteiger charge is -2.23. The standard InChI is InChI=1S/C23H26O/c24-23-20(17-10-6-4-2-1-3-5-7-11-17)14-15-21-19-13-9-8-12-18(19)16-22(21)23/h8-9,12-17H,1-7,10-11H2. The van der Waals surface area contributed by atoms with Gasteiger partial charge in [0.05, 0.1) is 0 Å². The molecule has 0 spiro atoms. The smallest absolute Gasteiger partial charge is 0.189 e. The fourth-order valence-electron chi connectivity index (χ4n) is 4.46. The third kappa shape index (κ3) is 2.92. The molecular weight excluding hydrogens is 292 g/mol. The maximum Gasteiger partial charge on any atom is 0.189 e. The summed E-state index contributed by atoms with van der Waals surface area (Å²) in [6, 6.07) is 8.34. The molecule has 0 N–H and O–H groups in total. The van der Waals surface area contributed by atoms with Crippen molar-refractivity contribution in [3.63, 3.8) is 0 Å². The minimum Gasteiger partial charge on any atom is -0.289 e. The van der Waals surface area contributed by atoms with Gasteiger partial charge >= 0.3 is 0 Å². The minimum absolute atomic E-state index is 0.283. The molecule has 1 nitrogen and oxygen atoms in total. The zero-order valence-corrected chi connectivity index (χ0v) is 14.4. The Kier molecular flexibility index (Phi) is 4.51. The van der Waals surface area contributed by atoms with Gasteiger partial charge in [-0.15, -0.1) is 0 Å². The molecule has 4 rings (SSSR count). The molecule has 0 heterocycles. The molecule has 0 aliphatic heterocycles. The van der Waals surface area contributed by atoms with Gasteiger partial charge in [-0.1, -0.05) is 81.4 Å². The van der Waals surface area contributed by atoms with Crippen molar-refractivity contribution in [2.45, 2.75) is 57.8 Å². The molecule has 24 heavy (non-hydrogen) atoms. The molecule has 3 aliphatic rings. The van der Waals surface area contributed by atoms with E-state index in [1.54, 1.807) is 0 Å². The molecule has 1 aromatic rings. The Bertz CT molecular complexity index is 722. The van der Waals surface area contributed by atoms with Gasteiger partial charge < -0.3 is 0 Å². The third-order valence-electron chi connectivity index (χ3n) is 5.82. The monoisotopic (exact) mass is 318 g/mol. The number of allylic oxidation sites excluding steroid dienone is 5. The maximum atomic E-state index is 13.1. The van der Waals surface area contributed by atoms with Gasteiger partial charge in [-0.2, -0.15) is 0 Å². The van der Waals surface area contributed by atoms with Crippen LogP contribution >= 0.6 is 0 Å². The van der Waals surface area contributed by atoms with E-state index in [0.717, 1.165) is 16.7 Å². The topological polar surface area (TPSA) is 17.1 Å². The van der Waals surface area contributed by atoms with E-state index in [1.165, 1.54) is 68.9 Å². The Morgan fingerprint density at radius 3 is 2.17 bits per heavy atom. The second-order valence-corrected chi connectivity index (χ2v) is 7.43. The van der Waals surface area contributed by atoms with Crippen molar-refractivity contribution in [1.82, 2.24) is 0 Å². The van der Waals surface area contributed by atoms with Gasteiger partial charge in [-0.05, 0) is 41.5 Å². The molecule has 124 valence electrons. The van der Waals surface area contributed by atoms with Crippen molar-refractivity contribution in [3.05, 3.63) is 58.7 Å². The van der Waals surface area contributed by atoms with Crippen molar-refractivity contribution in [1.29, 1.82) is 0 Å². The molecule has 0 atom stereocenters. The lowest BCUT2D eigenvalue weighted by Crippen LogP contribution is -2.18. The SMILES string of the molecule is O=C1C2=Cc3ccccc3C2=CC=C1C1CCCCCCCCC1. The number of carbonyl (C=O) groups is 1. The van der Waals surface area contributed by atoms with E-state index >= 15 is 0 Å². The number of ketones is 1. The molecule has 0 amide bonds. The van der Waals surface area contributed by atoms with Crippen LogP contribution in [-0.2, 0) is 4.79 Å². The first kappa shape index (κ1) is 15.6. The second-order valence-electron chi connectivity index (χ2n) is 7.43. The minimum atomic E-state index is 0.283. The highest BCUT2D eigenvalue weighted by molar-refractivity contribution is 6.25. The molecule has 0 radical (unpaired) electrons. The molecule has 1 saturated carbocycles. The van der Waals surface area contributed by atoms with Crippen LogP contribution in [0.1, 0.15) is 68.9 Å². The summed E-state index contributed by atoms with van der Waals surface area (Å²) in [4.78, 5) is 13.1. The number of benzene rings is 1. The molecule has 0 saturated heterocycles. The molecule has 3 aliphatic carbocycles. The summed E-state index contributed by atoms with van der Waals surface area (Å²) in [6.45, 7) is 0. The van der Waals surface area contributed by atoms with Gasteiger partial charge in [-0.3, -0.25) is 4.79 Å². The molecule has 1 aromatic carbocycles. The first-order valence-electron chi connectivity index (χ1n) is 9.62. The number of carbonyl (C=O) groups excluding carboxylic acids is 1. The van der Waals surface area contributed by atoms with E-state index < -0.39 is 0 Å². The second kappa shape index (κ2) is 6.93. The number of hydrogen-bond acceptors (Lipinski definition) is 1. The average Bonchev–Trinajstić information content (AvgIpc) is 3.00. The van der Waals surface area contributed by atoms with Crippen molar-refractivity contribution in [3.8, 4) is 0 Å². The molecule has 1 heteroatoms. The summed E-state index contributed by atoms with van der Waals surface area (Å²) in [7, 11) is 0. The Hall–Kier alpha value is -1.89. The fourth-order valence-corrected chi connectivity index (χ4v) is 4.46. The summed E-state index contributed by atoms with van der Waals surface area (Å²) < 4.78 is 0. The maximum absolute atomic E-state index is 13.1. The fraction of sp³-hybridized carbons (Fsp3) is 0.435. The number of rotatable bonds is 1. The first-order valence-corrected chi connectivity index (χ1v) is 9.62. The van der Waals surface area contributed by atoms with E-state index in [9.17, 15) is 4.79 Å². The van der Waals surface area contributed by atoms with Gasteiger partial charge in [0, 0.05) is 11.1 Å². The van der Waals surface area contributed by atoms with Gasteiger partial charge in [0.1, 0.15) is 0 Å². The van der Waals surface area contributed by atoms with Crippen LogP contribution in [0.5, 0.6) is 0 Å². The van der Waals surface area contributed by atoms with Crippen LogP contribution in [0.25, 0.3) is 11.6 Å². The predicted octanol–water partition coefficient (Wildman–Crippen LogP) is 6.12. The van der Waals surface area contributed by atoms with Gasteiger partial charge in [-0.25, -0.2) is 0 Å². The largest absolute Gasteiger partial charge is 0.289 e. The third-order valence-corrected chi connectivity index (χ3v) is 5.82. The van der Waals surface area contributed by atoms with Crippen LogP contribution in [-0.4, -0.2) is 5.78 Å². The molecule has 0 bridgehead atoms. The predicted molar refractivity (Wildman–Crippen MR) is 101 cm³/mol. The first-order chi connectivity index (χ1) is 11.8. The lowest BCUT2D eigenvalue weighted by molar-refractivity contribution is -0.112. The van der Waals surface area contributed by atoms with Gasteiger partial charge in [0.25, 0.3) is 0 Å². The average molecular weight is 318 g/mol. The number of hydrogen-bond donors (Lipinski definition) is 0. The van der Waals surface area contributed by atoms with Crippen LogP contribution in [0.3, 0.4) is 0 Å². The highest BCUT2D eigenvalue weighted by Crippen LogP contribution is 2.41. The molecule has 0 aromatic heterocycles. The van der Waals surface area contributed by atoms with Crippen LogP contribution in [0.15, 0.2) is 47.6 Å². The van der Waals surface area contributed by atoms with Crippen LogP contribution in [0.4, 0.5) is 0 Å². The zero-order chi connectivity index (χ0) is 16.4. The Balaban J connectivity index is 1.59. The summed E-state index contributed by atoms with van der Waals surface area (Å²) >= 11 is 0. The summed E-state index contributed by atoms with van der Waals surface area (Å²) in [5.41, 5.74) is 5.51. The van der Waals surface area contributed by atoms with E-state index in [1.807, 2.05) is 6.07 Å². The lowest BCUT2D eigenvalue weighted by atomic mass is 9.79. The highest BCUT2D eigenvalue weighted by Gasteiger charge is 2.31. The number of Topliss-reactive ketones (excluding diaryl/α,β-unsaturated/α-hetero) is 1. The van der Waals surface area contributed by atoms with E-state index in [0.29, 0.717) is 5.92 Å². The van der Waals surface area contributed by atoms with Crippen LogP contribution in [0.2, 0.25) is 0 Å². The van der Waals surface area contributed by atoms with Crippen molar-refractivity contribution in [2.75, 3.05) is 0 Å². The van der Waals surface area contributed by atoms with Crippen LogP contribution < -0.4 is 0 Å². The van der Waals surface area contributed by atoms with E-state index in [4.69, 9.17) is 0 Å². The zero-order valence-electron chi connectivity index (χ0n) is 14.4. The molecule has 1 fully saturated rings.